The molecule has 0 amide bonds. The van der Waals surface area contributed by atoms with E-state index in [-0.39, 0.29) is 6.42 Å². The van der Waals surface area contributed by atoms with Crippen LogP contribution in [-0.4, -0.2) is 22.1 Å². The van der Waals surface area contributed by atoms with E-state index in [0.717, 1.165) is 16.3 Å². The molecule has 0 radical (unpaired) electrons. The summed E-state index contributed by atoms with van der Waals surface area (Å²) in [6.07, 6.45) is -0.856. The maximum Gasteiger partial charge on any atom is 0.239 e. The van der Waals surface area contributed by atoms with Gasteiger partial charge < -0.3 is 0 Å². The molecule has 0 atom stereocenters. The Bertz CT molecular complexity index is 305. The molecule has 0 unspecified atom stereocenters. The van der Waals surface area contributed by atoms with Gasteiger partial charge in [0, 0.05) is 23.4 Å². The number of aromatic nitrogens is 2. The lowest BCUT2D eigenvalue weighted by Crippen LogP contribution is -1.96. The van der Waals surface area contributed by atoms with Gasteiger partial charge in [0.05, 0.1) is 0 Å². The first-order valence-corrected chi connectivity index (χ1v) is 5.29. The molecule has 0 aliphatic carbocycles. The maximum absolute atomic E-state index is 11.9. The second-order valence-electron chi connectivity index (χ2n) is 2.92. The van der Waals surface area contributed by atoms with Crippen LogP contribution in [0.1, 0.15) is 17.7 Å². The molecule has 78 valence electrons. The zero-order valence-electron chi connectivity index (χ0n) is 8.13. The van der Waals surface area contributed by atoms with E-state index in [4.69, 9.17) is 0 Å². The van der Waals surface area contributed by atoms with Crippen molar-refractivity contribution in [3.8, 4) is 0 Å². The summed E-state index contributed by atoms with van der Waals surface area (Å²) in [4.78, 5) is 8.05. The number of hydrogen-bond donors (Lipinski definition) is 0. The normalized spacial score (nSPS) is 10.9. The van der Waals surface area contributed by atoms with Crippen LogP contribution in [-0.2, 0) is 0 Å². The summed E-state index contributed by atoms with van der Waals surface area (Å²) < 4.78 is 23.7. The van der Waals surface area contributed by atoms with Crippen LogP contribution in [0.15, 0.2) is 11.4 Å². The maximum atomic E-state index is 11.9. The summed E-state index contributed by atoms with van der Waals surface area (Å²) in [6, 6.07) is 0. The number of hydrogen-bond acceptors (Lipinski definition) is 3. The average Bonchev–Trinajstić information content (AvgIpc) is 2.12. The second-order valence-corrected chi connectivity index (χ2v) is 4.00. The average molecular weight is 218 g/mol. The quantitative estimate of drug-likeness (QED) is 0.574. The number of nitrogens with zero attached hydrogens (tertiary/aromatic N) is 2. The SMILES string of the molecule is Cc1ncnc(SCCC(F)F)c1C. The molecule has 0 saturated heterocycles. The monoisotopic (exact) mass is 218 g/mol. The predicted octanol–water partition coefficient (Wildman–Crippen LogP) is 2.84. The third-order valence-corrected chi connectivity index (χ3v) is 2.99. The van der Waals surface area contributed by atoms with Gasteiger partial charge in [-0.05, 0) is 13.8 Å². The van der Waals surface area contributed by atoms with Crippen molar-refractivity contribution in [1.82, 2.24) is 9.97 Å². The molecule has 0 saturated carbocycles. The highest BCUT2D eigenvalue weighted by molar-refractivity contribution is 7.99. The fraction of sp³-hybridized carbons (Fsp3) is 0.556. The van der Waals surface area contributed by atoms with Gasteiger partial charge in [0.1, 0.15) is 11.4 Å². The molecule has 1 rings (SSSR count). The lowest BCUT2D eigenvalue weighted by Gasteiger charge is -2.05. The Labute approximate surface area is 86.1 Å². The third-order valence-electron chi connectivity index (χ3n) is 1.86. The van der Waals surface area contributed by atoms with Gasteiger partial charge in [-0.3, -0.25) is 0 Å². The van der Waals surface area contributed by atoms with E-state index in [1.165, 1.54) is 18.1 Å². The first kappa shape index (κ1) is 11.4. The van der Waals surface area contributed by atoms with Crippen LogP contribution < -0.4 is 0 Å². The number of alkyl halides is 2. The highest BCUT2D eigenvalue weighted by atomic mass is 32.2. The van der Waals surface area contributed by atoms with E-state index < -0.39 is 6.43 Å². The van der Waals surface area contributed by atoms with Crippen LogP contribution in [0, 0.1) is 13.8 Å². The molecule has 1 heterocycles. The van der Waals surface area contributed by atoms with Crippen molar-refractivity contribution in [2.45, 2.75) is 31.7 Å². The Morgan fingerprint density at radius 2 is 2.07 bits per heavy atom. The van der Waals surface area contributed by atoms with Crippen LogP contribution in [0.4, 0.5) is 8.78 Å². The summed E-state index contributed by atoms with van der Waals surface area (Å²) >= 11 is 1.36. The van der Waals surface area contributed by atoms with Gasteiger partial charge in [-0.2, -0.15) is 0 Å². The molecular weight excluding hydrogens is 206 g/mol. The summed E-state index contributed by atoms with van der Waals surface area (Å²) in [6.45, 7) is 3.79. The molecule has 0 bridgehead atoms. The minimum absolute atomic E-state index is 0.0901. The number of aryl methyl sites for hydroxylation is 1. The van der Waals surface area contributed by atoms with Crippen molar-refractivity contribution >= 4 is 11.8 Å². The lowest BCUT2D eigenvalue weighted by molar-refractivity contribution is 0.145. The Morgan fingerprint density at radius 3 is 2.71 bits per heavy atom. The van der Waals surface area contributed by atoms with Crippen LogP contribution >= 0.6 is 11.8 Å². The van der Waals surface area contributed by atoms with E-state index in [0.29, 0.717) is 5.75 Å². The van der Waals surface area contributed by atoms with Crippen molar-refractivity contribution in [2.24, 2.45) is 0 Å². The minimum Gasteiger partial charge on any atom is -0.241 e. The zero-order valence-corrected chi connectivity index (χ0v) is 8.94. The van der Waals surface area contributed by atoms with E-state index in [2.05, 4.69) is 9.97 Å². The van der Waals surface area contributed by atoms with Gasteiger partial charge in [-0.1, -0.05) is 0 Å². The summed E-state index contributed by atoms with van der Waals surface area (Å²) in [5.41, 5.74) is 1.88. The minimum atomic E-state index is -2.23. The Balaban J connectivity index is 2.54. The Kier molecular flexibility index (Phi) is 4.25. The first-order chi connectivity index (χ1) is 6.61. The molecule has 0 aromatic carbocycles. The van der Waals surface area contributed by atoms with Gasteiger partial charge in [-0.15, -0.1) is 11.8 Å². The summed E-state index contributed by atoms with van der Waals surface area (Å²) in [7, 11) is 0. The molecular formula is C9H12F2N2S. The molecule has 0 aliphatic rings. The van der Waals surface area contributed by atoms with Crippen molar-refractivity contribution in [3.63, 3.8) is 0 Å². The van der Waals surface area contributed by atoms with Gasteiger partial charge >= 0.3 is 0 Å². The number of halogens is 2. The number of thioether (sulfide) groups is 1. The first-order valence-electron chi connectivity index (χ1n) is 4.30. The van der Waals surface area contributed by atoms with E-state index in [9.17, 15) is 8.78 Å². The topological polar surface area (TPSA) is 25.8 Å². The van der Waals surface area contributed by atoms with Gasteiger partial charge in [-0.25, -0.2) is 18.7 Å². The van der Waals surface area contributed by atoms with Gasteiger partial charge in [0.15, 0.2) is 0 Å². The third kappa shape index (κ3) is 3.21. The van der Waals surface area contributed by atoms with E-state index in [1.54, 1.807) is 0 Å². The fourth-order valence-corrected chi connectivity index (χ4v) is 1.88. The van der Waals surface area contributed by atoms with Crippen LogP contribution in [0.25, 0.3) is 0 Å². The molecule has 0 N–H and O–H groups in total. The second kappa shape index (κ2) is 5.24. The fourth-order valence-electron chi connectivity index (χ4n) is 0.907. The smallest absolute Gasteiger partial charge is 0.239 e. The largest absolute Gasteiger partial charge is 0.241 e. The van der Waals surface area contributed by atoms with Crippen LogP contribution in [0.5, 0.6) is 0 Å². The summed E-state index contributed by atoms with van der Waals surface area (Å²) in [5.74, 6) is 0.398. The molecule has 0 aliphatic heterocycles. The van der Waals surface area contributed by atoms with Gasteiger partial charge in [0.25, 0.3) is 0 Å². The van der Waals surface area contributed by atoms with Crippen LogP contribution in [0.2, 0.25) is 0 Å². The zero-order chi connectivity index (χ0) is 10.6. The van der Waals surface area contributed by atoms with Crippen molar-refractivity contribution < 1.29 is 8.78 Å². The van der Waals surface area contributed by atoms with E-state index in [1.807, 2.05) is 13.8 Å². The van der Waals surface area contributed by atoms with Gasteiger partial charge in [0.2, 0.25) is 6.43 Å². The summed E-state index contributed by atoms with van der Waals surface area (Å²) in [5, 5.41) is 0.804. The number of rotatable bonds is 4. The molecule has 0 fully saturated rings. The lowest BCUT2D eigenvalue weighted by atomic mass is 10.3. The predicted molar refractivity (Wildman–Crippen MR) is 52.9 cm³/mol. The molecule has 14 heavy (non-hydrogen) atoms. The highest BCUT2D eigenvalue weighted by Gasteiger charge is 2.06. The van der Waals surface area contributed by atoms with E-state index >= 15 is 0 Å². The standard InChI is InChI=1S/C9H12F2N2S/c1-6-7(2)12-5-13-9(6)14-4-3-8(10)11/h5,8H,3-4H2,1-2H3. The van der Waals surface area contributed by atoms with Crippen LogP contribution in [0.3, 0.4) is 0 Å². The molecule has 5 heteroatoms. The molecule has 2 nitrogen and oxygen atoms in total. The highest BCUT2D eigenvalue weighted by Crippen LogP contribution is 2.22. The molecule has 1 aromatic heterocycles. The van der Waals surface area contributed by atoms with Crippen molar-refractivity contribution in [3.05, 3.63) is 17.6 Å². The molecule has 0 spiro atoms. The molecule has 1 aromatic rings. The Hall–Kier alpha value is -0.710. The van der Waals surface area contributed by atoms with Crippen molar-refractivity contribution in [1.29, 1.82) is 0 Å². The Morgan fingerprint density at radius 1 is 1.36 bits per heavy atom. The van der Waals surface area contributed by atoms with Crippen molar-refractivity contribution in [2.75, 3.05) is 5.75 Å².